The van der Waals surface area contributed by atoms with Crippen molar-refractivity contribution < 1.29 is 123 Å². The lowest BCUT2D eigenvalue weighted by atomic mass is 9.91. The van der Waals surface area contributed by atoms with Gasteiger partial charge in [0.1, 0.15) is 91.3 Å². The normalized spacial score (nSPS) is 26.0. The second-order valence-electron chi connectivity index (χ2n) is 36.1. The van der Waals surface area contributed by atoms with Crippen LogP contribution >= 0.6 is 0 Å². The Morgan fingerprint density at radius 3 is 0.639 bits per heavy atom. The topological polar surface area (TPSA) is 314 Å². The van der Waals surface area contributed by atoms with E-state index in [4.69, 9.17) is 75.8 Å². The standard InChI is InChI=1S/C114H103FN4O25/c1-70(120)137-95-88(67-130-59-72-36-12-3-13-37-72)139-112(92(100(95)134-63-76-44-20-7-21-45-76)117-106(123)81-52-28-29-53-82(81)107(117)124)143-97-90(69-132-61-74-40-16-5-17-41-74)141-114(94(102(97)136-65-78-48-24-9-25-49-78)119-110(127)85-56-32-33-57-86(85)111(119)128)144-98-89(68-131-60-73-38-14-4-15-39-73)140-113(93(101(98)135-64-77-46-22-8-23-47-77)118-108(125)83-54-30-31-55-84(83)109(118)126)142-96-87(66-129-58-71-34-10-2-11-35-71)138-103(115)91(99(96)133-62-75-42-18-6-19-43-75)116-104(121)79-50-26-27-51-80(79)105(116)122/h2-57,87-103,112-114H,58-69H2,1H3. The number of nitrogens with zero attached hydrogens (tertiary/aromatic N) is 4. The Morgan fingerprint density at radius 1 is 0.236 bits per heavy atom. The first kappa shape index (κ1) is 97.4. The van der Waals surface area contributed by atoms with Gasteiger partial charge in [-0.1, -0.05) is 291 Å². The molecular formula is C114H103FN4O25. The highest BCUT2D eigenvalue weighted by Gasteiger charge is 2.65. The lowest BCUT2D eigenvalue weighted by molar-refractivity contribution is -0.376. The molecule has 0 saturated carbocycles. The first-order valence-corrected chi connectivity index (χ1v) is 47.9. The van der Waals surface area contributed by atoms with Crippen LogP contribution in [0.3, 0.4) is 0 Å². The van der Waals surface area contributed by atoms with E-state index < -0.39 is 196 Å². The lowest BCUT2D eigenvalue weighted by Gasteiger charge is -2.54. The molecule has 30 heteroatoms. The van der Waals surface area contributed by atoms with Crippen molar-refractivity contribution in [2.24, 2.45) is 0 Å². The van der Waals surface area contributed by atoms with Crippen molar-refractivity contribution in [1.29, 1.82) is 0 Å². The molecule has 4 saturated heterocycles. The Morgan fingerprint density at radius 2 is 0.417 bits per heavy atom. The smallest absolute Gasteiger partial charge is 0.303 e. The Balaban J connectivity index is 0.777. The molecule has 12 aromatic rings. The number of fused-ring (bicyclic) bond motifs is 4. The molecule has 8 aliphatic heterocycles. The van der Waals surface area contributed by atoms with E-state index in [-0.39, 0.29) is 104 Å². The Hall–Kier alpha value is -14.0. The monoisotopic (exact) mass is 1950 g/mol. The van der Waals surface area contributed by atoms with Gasteiger partial charge in [-0.05, 0) is 93.0 Å². The fourth-order valence-corrected chi connectivity index (χ4v) is 20.0. The van der Waals surface area contributed by atoms with Crippen LogP contribution in [0.1, 0.15) is 134 Å². The summed E-state index contributed by atoms with van der Waals surface area (Å²) in [5.74, 6) is -7.74. The molecule has 8 amide bonds. The molecule has 0 aliphatic carbocycles. The van der Waals surface area contributed by atoms with Gasteiger partial charge in [-0.25, -0.2) is 4.39 Å². The molecule has 0 N–H and O–H groups in total. The van der Waals surface area contributed by atoms with Gasteiger partial charge in [0.15, 0.2) is 25.0 Å². The van der Waals surface area contributed by atoms with E-state index in [2.05, 4.69) is 0 Å². The van der Waals surface area contributed by atoms with Gasteiger partial charge in [-0.2, -0.15) is 0 Å². The highest BCUT2D eigenvalue weighted by atomic mass is 19.1. The number of benzene rings is 12. The molecule has 29 nitrogen and oxygen atoms in total. The van der Waals surface area contributed by atoms with Crippen LogP contribution in [0.25, 0.3) is 0 Å². The van der Waals surface area contributed by atoms with Gasteiger partial charge in [0.2, 0.25) is 6.36 Å². The van der Waals surface area contributed by atoms with E-state index in [1.54, 1.807) is 164 Å². The van der Waals surface area contributed by atoms with Crippen LogP contribution in [0.15, 0.2) is 340 Å². The number of rotatable bonds is 39. The number of alkyl halides is 1. The summed E-state index contributed by atoms with van der Waals surface area (Å²) in [6, 6.07) is 89.3. The Labute approximate surface area is 829 Å². The SMILES string of the molecule is CC(=O)OC1C(COCc2ccccc2)OC(OC2C(COCc3ccccc3)OC(OC3C(COCc4ccccc4)OC(OC4C(COCc5ccccc5)OC(F)C(N5C(=O)c6ccccc6C5=O)C4OCc4ccccc4)C(N4C(=O)c5ccccc5C4=O)C3OCc3ccccc3)C(N3C(=O)c4ccccc4C3=O)C2OCc2ccccc2)C(N2C(=O)c3ccccc3C2=O)C1OCc1ccccc1. The third-order valence-electron chi connectivity index (χ3n) is 26.8. The van der Waals surface area contributed by atoms with Crippen molar-refractivity contribution in [2.45, 2.75) is 182 Å². The van der Waals surface area contributed by atoms with Crippen molar-refractivity contribution in [3.05, 3.63) is 429 Å². The summed E-state index contributed by atoms with van der Waals surface area (Å²) in [4.78, 5) is 146. The molecule has 20 rings (SSSR count). The number of imide groups is 4. The fourth-order valence-electron chi connectivity index (χ4n) is 20.0. The van der Waals surface area contributed by atoms with Crippen molar-refractivity contribution in [3.8, 4) is 0 Å². The number of hydrogen-bond donors (Lipinski definition) is 0. The molecule has 736 valence electrons. The van der Waals surface area contributed by atoms with Crippen LogP contribution in [0.2, 0.25) is 0 Å². The molecular weight excluding hydrogens is 1840 g/mol. The zero-order chi connectivity index (χ0) is 98.7. The van der Waals surface area contributed by atoms with Crippen LogP contribution in [-0.2, 0) is 133 Å². The maximum Gasteiger partial charge on any atom is 0.303 e. The van der Waals surface area contributed by atoms with Crippen molar-refractivity contribution in [2.75, 3.05) is 26.4 Å². The summed E-state index contributed by atoms with van der Waals surface area (Å²) >= 11 is 0. The number of halogens is 1. The summed E-state index contributed by atoms with van der Waals surface area (Å²) in [7, 11) is 0. The minimum Gasteiger partial charge on any atom is -0.457 e. The summed E-state index contributed by atoms with van der Waals surface area (Å²) in [5.41, 5.74) is 4.79. The third-order valence-corrected chi connectivity index (χ3v) is 26.8. The molecule has 4 fully saturated rings. The zero-order valence-corrected chi connectivity index (χ0v) is 78.2. The second-order valence-corrected chi connectivity index (χ2v) is 36.1. The highest BCUT2D eigenvalue weighted by Crippen LogP contribution is 2.47. The van der Waals surface area contributed by atoms with E-state index in [1.165, 1.54) is 55.5 Å². The quantitative estimate of drug-likeness (QED) is 0.0255. The molecule has 8 aliphatic rings. The molecule has 0 radical (unpaired) electrons. The van der Waals surface area contributed by atoms with Crippen molar-refractivity contribution >= 4 is 53.2 Å². The van der Waals surface area contributed by atoms with Crippen molar-refractivity contribution in [1.82, 2.24) is 19.6 Å². The third kappa shape index (κ3) is 20.9. The van der Waals surface area contributed by atoms with Gasteiger partial charge in [-0.3, -0.25) is 62.8 Å². The van der Waals surface area contributed by atoms with E-state index in [9.17, 15) is 4.79 Å². The average Bonchev–Trinajstić information content (AvgIpc) is 1.45. The van der Waals surface area contributed by atoms with Crippen LogP contribution in [0, 0.1) is 0 Å². The fraction of sp³-hybridized carbons (Fsp3) is 0.289. The number of amides is 8. The number of hydrogen-bond acceptors (Lipinski definition) is 25. The van der Waals surface area contributed by atoms with Gasteiger partial charge in [0.05, 0.1) is 124 Å². The molecule has 20 atom stereocenters. The summed E-state index contributed by atoms with van der Waals surface area (Å²) < 4.78 is 134. The lowest BCUT2D eigenvalue weighted by Crippen LogP contribution is -2.73. The van der Waals surface area contributed by atoms with E-state index >= 15 is 42.7 Å². The van der Waals surface area contributed by atoms with Gasteiger partial charge < -0.3 is 75.8 Å². The van der Waals surface area contributed by atoms with Crippen molar-refractivity contribution in [3.63, 3.8) is 0 Å². The molecule has 144 heavy (non-hydrogen) atoms. The van der Waals surface area contributed by atoms with E-state index in [1.807, 2.05) is 127 Å². The van der Waals surface area contributed by atoms with Gasteiger partial charge in [0.25, 0.3) is 47.3 Å². The molecule has 0 aromatic heterocycles. The highest BCUT2D eigenvalue weighted by molar-refractivity contribution is 6.24. The minimum atomic E-state index is -2.54. The molecule has 20 unspecified atom stereocenters. The Kier molecular flexibility index (Phi) is 30.4. The first-order chi connectivity index (χ1) is 70.5. The number of esters is 1. The second kappa shape index (κ2) is 44.9. The summed E-state index contributed by atoms with van der Waals surface area (Å²) in [6.07, 6.45) is -28.9. The number of carbonyl (C=O) groups excluding carboxylic acids is 9. The summed E-state index contributed by atoms with van der Waals surface area (Å²) in [5, 5.41) is 0. The van der Waals surface area contributed by atoms with Crippen LogP contribution in [-0.4, -0.2) is 222 Å². The minimum absolute atomic E-state index is 0.00260. The van der Waals surface area contributed by atoms with E-state index in [0.29, 0.717) is 38.9 Å². The molecule has 0 bridgehead atoms. The average molecular weight is 1950 g/mol. The predicted molar refractivity (Wildman–Crippen MR) is 513 cm³/mol. The van der Waals surface area contributed by atoms with E-state index in [0.717, 1.165) is 25.2 Å². The van der Waals surface area contributed by atoms with Crippen LogP contribution in [0.5, 0.6) is 0 Å². The number of ether oxygens (including phenoxy) is 16. The van der Waals surface area contributed by atoms with Gasteiger partial charge >= 0.3 is 5.97 Å². The maximum atomic E-state index is 18.6. The maximum absolute atomic E-state index is 18.6. The predicted octanol–water partition coefficient (Wildman–Crippen LogP) is 14.8. The van der Waals surface area contributed by atoms with Gasteiger partial charge in [0, 0.05) is 6.92 Å². The summed E-state index contributed by atoms with van der Waals surface area (Å²) in [6.45, 7) is -2.25. The largest absolute Gasteiger partial charge is 0.457 e. The van der Waals surface area contributed by atoms with Gasteiger partial charge in [-0.15, -0.1) is 0 Å². The van der Waals surface area contributed by atoms with Crippen LogP contribution in [0.4, 0.5) is 4.39 Å². The zero-order valence-electron chi connectivity index (χ0n) is 78.2. The number of carbonyl (C=O) groups is 9. The Bertz CT molecular complexity index is 6390. The molecule has 8 heterocycles. The first-order valence-electron chi connectivity index (χ1n) is 47.9. The van der Waals surface area contributed by atoms with Crippen LogP contribution < -0.4 is 0 Å². The molecule has 12 aromatic carbocycles. The molecule has 0 spiro atoms.